The van der Waals surface area contributed by atoms with Crippen LogP contribution >= 0.6 is 0 Å². The van der Waals surface area contributed by atoms with Gasteiger partial charge < -0.3 is 15.4 Å². The van der Waals surface area contributed by atoms with Crippen molar-refractivity contribution in [3.05, 3.63) is 71.3 Å². The second kappa shape index (κ2) is 12.2. The number of nitrogens with zero attached hydrogens (tertiary/aromatic N) is 1. The van der Waals surface area contributed by atoms with Crippen LogP contribution in [0.15, 0.2) is 54.6 Å². The maximum atomic E-state index is 12.9. The van der Waals surface area contributed by atoms with Crippen LogP contribution in [0.4, 0.5) is 4.79 Å². The highest BCUT2D eigenvalue weighted by atomic mass is 16.5. The Kier molecular flexibility index (Phi) is 9.11. The number of hydrogen-bond acceptors (Lipinski definition) is 4. The van der Waals surface area contributed by atoms with E-state index in [9.17, 15) is 9.59 Å². The summed E-state index contributed by atoms with van der Waals surface area (Å²) in [6.45, 7) is 7.59. The van der Waals surface area contributed by atoms with Crippen molar-refractivity contribution in [2.24, 2.45) is 5.92 Å². The zero-order chi connectivity index (χ0) is 22.8. The number of carbonyl (C=O) groups excluding carboxylic acids is 2. The molecule has 0 aromatic heterocycles. The molecule has 1 aliphatic heterocycles. The van der Waals surface area contributed by atoms with Crippen molar-refractivity contribution in [1.82, 2.24) is 15.5 Å². The van der Waals surface area contributed by atoms with Crippen LogP contribution in [0.1, 0.15) is 49.8 Å². The summed E-state index contributed by atoms with van der Waals surface area (Å²) in [5.41, 5.74) is 3.25. The molecule has 0 radical (unpaired) electrons. The van der Waals surface area contributed by atoms with Crippen LogP contribution in [0.5, 0.6) is 0 Å². The first-order chi connectivity index (χ1) is 15.5. The van der Waals surface area contributed by atoms with E-state index >= 15 is 0 Å². The maximum Gasteiger partial charge on any atom is 0.408 e. The van der Waals surface area contributed by atoms with E-state index in [2.05, 4.69) is 27.7 Å². The van der Waals surface area contributed by atoms with Crippen LogP contribution in [-0.2, 0) is 29.2 Å². The normalized spacial score (nSPS) is 15.2. The van der Waals surface area contributed by atoms with Gasteiger partial charge >= 0.3 is 6.09 Å². The van der Waals surface area contributed by atoms with Crippen molar-refractivity contribution in [2.75, 3.05) is 13.1 Å². The van der Waals surface area contributed by atoms with Crippen molar-refractivity contribution in [3.63, 3.8) is 0 Å². The molecule has 1 aliphatic rings. The number of alkyl carbamates (subject to hydrolysis) is 1. The number of carbonyl (C=O) groups is 2. The third kappa shape index (κ3) is 7.38. The minimum Gasteiger partial charge on any atom is -0.445 e. The Morgan fingerprint density at radius 2 is 1.59 bits per heavy atom. The highest BCUT2D eigenvalue weighted by Gasteiger charge is 2.25. The van der Waals surface area contributed by atoms with Gasteiger partial charge in [0.1, 0.15) is 12.6 Å². The van der Waals surface area contributed by atoms with Gasteiger partial charge in [-0.15, -0.1) is 0 Å². The Morgan fingerprint density at radius 3 is 2.28 bits per heavy atom. The molecule has 32 heavy (non-hydrogen) atoms. The summed E-state index contributed by atoms with van der Waals surface area (Å²) in [7, 11) is 0. The Bertz CT molecular complexity index is 864. The number of likely N-dealkylation sites (tertiary alicyclic amines) is 1. The largest absolute Gasteiger partial charge is 0.445 e. The first-order valence-corrected chi connectivity index (χ1v) is 11.6. The van der Waals surface area contributed by atoms with Crippen molar-refractivity contribution in [3.8, 4) is 0 Å². The third-order valence-electron chi connectivity index (χ3n) is 5.85. The van der Waals surface area contributed by atoms with E-state index in [-0.39, 0.29) is 18.4 Å². The number of benzene rings is 2. The smallest absolute Gasteiger partial charge is 0.408 e. The van der Waals surface area contributed by atoms with Gasteiger partial charge in [0, 0.05) is 13.1 Å². The van der Waals surface area contributed by atoms with Gasteiger partial charge in [-0.25, -0.2) is 4.79 Å². The fourth-order valence-corrected chi connectivity index (χ4v) is 3.96. The van der Waals surface area contributed by atoms with Gasteiger partial charge in [0.15, 0.2) is 0 Å². The van der Waals surface area contributed by atoms with E-state index < -0.39 is 12.1 Å². The van der Waals surface area contributed by atoms with Crippen LogP contribution in [0.25, 0.3) is 0 Å². The molecule has 1 heterocycles. The molecule has 172 valence electrons. The molecular weight excluding hydrogens is 402 g/mol. The number of rotatable bonds is 9. The number of amides is 2. The molecule has 6 heteroatoms. The van der Waals surface area contributed by atoms with E-state index in [1.165, 1.54) is 24.8 Å². The predicted octanol–water partition coefficient (Wildman–Crippen LogP) is 4.24. The van der Waals surface area contributed by atoms with Crippen LogP contribution < -0.4 is 10.6 Å². The monoisotopic (exact) mass is 437 g/mol. The summed E-state index contributed by atoms with van der Waals surface area (Å²) in [4.78, 5) is 27.6. The summed E-state index contributed by atoms with van der Waals surface area (Å²) >= 11 is 0. The second-order valence-electron chi connectivity index (χ2n) is 8.75. The number of hydrogen-bond donors (Lipinski definition) is 2. The van der Waals surface area contributed by atoms with E-state index in [4.69, 9.17) is 4.74 Å². The zero-order valence-electron chi connectivity index (χ0n) is 19.2. The molecule has 0 aliphatic carbocycles. The lowest BCUT2D eigenvalue weighted by molar-refractivity contribution is -0.124. The molecule has 2 aromatic carbocycles. The highest BCUT2D eigenvalue weighted by molar-refractivity contribution is 5.85. The molecular formula is C26H35N3O3. The van der Waals surface area contributed by atoms with Crippen LogP contribution in [-0.4, -0.2) is 36.0 Å². The Hall–Kier alpha value is -2.86. The first kappa shape index (κ1) is 23.8. The topological polar surface area (TPSA) is 70.7 Å². The SMILES string of the molecule is CC(C)[C@H](NC(=O)OCc1ccccc1)C(=O)NCc1ccccc1CN1CCCCC1. The molecule has 2 N–H and O–H groups in total. The number of nitrogens with one attached hydrogen (secondary N) is 2. The fourth-order valence-electron chi connectivity index (χ4n) is 3.96. The highest BCUT2D eigenvalue weighted by Crippen LogP contribution is 2.16. The van der Waals surface area contributed by atoms with E-state index in [1.54, 1.807) is 0 Å². The van der Waals surface area contributed by atoms with Crippen LogP contribution in [0.3, 0.4) is 0 Å². The van der Waals surface area contributed by atoms with Crippen molar-refractivity contribution in [2.45, 2.75) is 58.8 Å². The molecule has 1 saturated heterocycles. The van der Waals surface area contributed by atoms with Crippen LogP contribution in [0.2, 0.25) is 0 Å². The summed E-state index contributed by atoms with van der Waals surface area (Å²) < 4.78 is 5.29. The number of piperidine rings is 1. The van der Waals surface area contributed by atoms with Gasteiger partial charge in [0.2, 0.25) is 5.91 Å². The molecule has 3 rings (SSSR count). The molecule has 0 saturated carbocycles. The molecule has 2 aromatic rings. The summed E-state index contributed by atoms with van der Waals surface area (Å²) in [6.07, 6.45) is 3.22. The second-order valence-corrected chi connectivity index (χ2v) is 8.75. The van der Waals surface area contributed by atoms with Crippen LogP contribution in [0, 0.1) is 5.92 Å². The molecule has 0 unspecified atom stereocenters. The first-order valence-electron chi connectivity index (χ1n) is 11.6. The van der Waals surface area contributed by atoms with Crippen molar-refractivity contribution < 1.29 is 14.3 Å². The van der Waals surface area contributed by atoms with Gasteiger partial charge in [0.05, 0.1) is 0 Å². The predicted molar refractivity (Wildman–Crippen MR) is 126 cm³/mol. The van der Waals surface area contributed by atoms with E-state index in [0.717, 1.165) is 30.8 Å². The lowest BCUT2D eigenvalue weighted by atomic mass is 10.0. The molecule has 0 bridgehead atoms. The number of ether oxygens (including phenoxy) is 1. The van der Waals surface area contributed by atoms with Crippen molar-refractivity contribution >= 4 is 12.0 Å². The van der Waals surface area contributed by atoms with Gasteiger partial charge in [-0.05, 0) is 48.5 Å². The summed E-state index contributed by atoms with van der Waals surface area (Å²) in [5.74, 6) is -0.271. The van der Waals surface area contributed by atoms with Crippen molar-refractivity contribution in [1.29, 1.82) is 0 Å². The van der Waals surface area contributed by atoms with Gasteiger partial charge in [-0.1, -0.05) is 74.9 Å². The standard InChI is InChI=1S/C26H35N3O3/c1-20(2)24(28-26(31)32-19-21-11-5-3-6-12-21)25(30)27-17-22-13-7-8-14-23(22)18-29-15-9-4-10-16-29/h3,5-8,11-14,20,24H,4,9-10,15-19H2,1-2H3,(H,27,30)(H,28,31)/t24-/m0/s1. The third-order valence-corrected chi connectivity index (χ3v) is 5.85. The zero-order valence-corrected chi connectivity index (χ0v) is 19.2. The maximum absolute atomic E-state index is 12.9. The summed E-state index contributed by atoms with van der Waals surface area (Å²) in [5, 5.41) is 5.73. The molecule has 2 amide bonds. The van der Waals surface area contributed by atoms with Gasteiger partial charge in [-0.3, -0.25) is 9.69 Å². The molecule has 0 spiro atoms. The Balaban J connectivity index is 1.53. The minimum absolute atomic E-state index is 0.0668. The average Bonchev–Trinajstić information content (AvgIpc) is 2.81. The molecule has 1 fully saturated rings. The summed E-state index contributed by atoms with van der Waals surface area (Å²) in [6, 6.07) is 17.1. The lowest BCUT2D eigenvalue weighted by Gasteiger charge is -2.27. The quantitative estimate of drug-likeness (QED) is 0.616. The molecule has 6 nitrogen and oxygen atoms in total. The van der Waals surface area contributed by atoms with Gasteiger partial charge in [0.25, 0.3) is 0 Å². The molecule has 1 atom stereocenters. The lowest BCUT2D eigenvalue weighted by Crippen LogP contribution is -2.49. The van der Waals surface area contributed by atoms with E-state index in [1.807, 2.05) is 56.3 Å². The fraction of sp³-hybridized carbons (Fsp3) is 0.462. The Morgan fingerprint density at radius 1 is 0.938 bits per heavy atom. The average molecular weight is 438 g/mol. The minimum atomic E-state index is -0.660. The Labute approximate surface area is 191 Å². The van der Waals surface area contributed by atoms with E-state index in [0.29, 0.717) is 6.54 Å². The van der Waals surface area contributed by atoms with Gasteiger partial charge in [-0.2, -0.15) is 0 Å².